The van der Waals surface area contributed by atoms with Gasteiger partial charge in [0, 0.05) is 18.2 Å². The largest absolute Gasteiger partial charge is 0.391 e. The number of hydrogen-bond donors (Lipinski definition) is 1. The maximum absolute atomic E-state index is 9.80. The lowest BCUT2D eigenvalue weighted by Crippen LogP contribution is -2.29. The molecule has 2 aromatic rings. The van der Waals surface area contributed by atoms with Gasteiger partial charge in [0.05, 0.1) is 18.0 Å². The number of aliphatic hydroxyl groups is 1. The standard InChI is InChI=1S/C17H23N3O/c1-3-11-19(14-9-10-14)17-16(12-21)13(2)18-20(17)15-7-5-4-6-8-15/h4-8,14,21H,3,9-12H2,1-2H3. The van der Waals surface area contributed by atoms with E-state index in [9.17, 15) is 5.11 Å². The van der Waals surface area contributed by atoms with Crippen LogP contribution in [-0.2, 0) is 6.61 Å². The lowest BCUT2D eigenvalue weighted by atomic mass is 10.2. The van der Waals surface area contributed by atoms with Crippen molar-refractivity contribution < 1.29 is 5.11 Å². The number of aryl methyl sites for hydroxylation is 1. The predicted octanol–water partition coefficient (Wildman–Crippen LogP) is 3.05. The maximum atomic E-state index is 9.80. The summed E-state index contributed by atoms with van der Waals surface area (Å²) in [6.07, 6.45) is 3.58. The molecule has 1 fully saturated rings. The Kier molecular flexibility index (Phi) is 3.97. The molecule has 3 rings (SSSR count). The third-order valence-corrected chi connectivity index (χ3v) is 4.04. The van der Waals surface area contributed by atoms with Gasteiger partial charge in [-0.25, -0.2) is 4.68 Å². The zero-order chi connectivity index (χ0) is 14.8. The topological polar surface area (TPSA) is 41.3 Å². The van der Waals surface area contributed by atoms with Crippen LogP contribution in [0.4, 0.5) is 5.82 Å². The first-order valence-corrected chi connectivity index (χ1v) is 7.77. The molecular weight excluding hydrogens is 262 g/mol. The summed E-state index contributed by atoms with van der Waals surface area (Å²) in [5.41, 5.74) is 2.93. The molecule has 0 radical (unpaired) electrons. The molecule has 1 aliphatic carbocycles. The fourth-order valence-corrected chi connectivity index (χ4v) is 2.87. The van der Waals surface area contributed by atoms with E-state index in [-0.39, 0.29) is 6.61 Å². The van der Waals surface area contributed by atoms with Gasteiger partial charge in [-0.1, -0.05) is 25.1 Å². The Morgan fingerprint density at radius 2 is 2.00 bits per heavy atom. The molecule has 0 bridgehead atoms. The summed E-state index contributed by atoms with van der Waals surface area (Å²) in [5.74, 6) is 1.07. The number of anilines is 1. The summed E-state index contributed by atoms with van der Waals surface area (Å²) in [7, 11) is 0. The molecule has 0 spiro atoms. The monoisotopic (exact) mass is 285 g/mol. The highest BCUT2D eigenvalue weighted by molar-refractivity contribution is 5.56. The molecule has 112 valence electrons. The van der Waals surface area contributed by atoms with Gasteiger partial charge in [0.2, 0.25) is 0 Å². The highest BCUT2D eigenvalue weighted by atomic mass is 16.3. The van der Waals surface area contributed by atoms with Crippen molar-refractivity contribution in [2.75, 3.05) is 11.4 Å². The van der Waals surface area contributed by atoms with E-state index in [1.165, 1.54) is 12.8 Å². The van der Waals surface area contributed by atoms with Gasteiger partial charge in [0.15, 0.2) is 0 Å². The van der Waals surface area contributed by atoms with Crippen LogP contribution in [0.3, 0.4) is 0 Å². The second-order valence-electron chi connectivity index (χ2n) is 5.72. The van der Waals surface area contributed by atoms with Crippen LogP contribution in [-0.4, -0.2) is 27.5 Å². The van der Waals surface area contributed by atoms with Crippen LogP contribution in [0.5, 0.6) is 0 Å². The Bertz CT molecular complexity index is 602. The van der Waals surface area contributed by atoms with Crippen molar-refractivity contribution in [3.63, 3.8) is 0 Å². The van der Waals surface area contributed by atoms with Crippen molar-refractivity contribution in [2.24, 2.45) is 0 Å². The number of benzene rings is 1. The molecule has 1 N–H and O–H groups in total. The van der Waals surface area contributed by atoms with Crippen molar-refractivity contribution >= 4 is 5.82 Å². The van der Waals surface area contributed by atoms with E-state index in [2.05, 4.69) is 29.1 Å². The van der Waals surface area contributed by atoms with Gasteiger partial charge in [0.25, 0.3) is 0 Å². The molecule has 1 saturated carbocycles. The van der Waals surface area contributed by atoms with Crippen molar-refractivity contribution in [3.05, 3.63) is 41.6 Å². The highest BCUT2D eigenvalue weighted by Gasteiger charge is 2.33. The van der Waals surface area contributed by atoms with Gasteiger partial charge in [-0.2, -0.15) is 5.10 Å². The first kappa shape index (κ1) is 14.1. The lowest BCUT2D eigenvalue weighted by Gasteiger charge is -2.26. The third kappa shape index (κ3) is 2.68. The van der Waals surface area contributed by atoms with E-state index in [0.717, 1.165) is 35.7 Å². The molecule has 0 atom stereocenters. The van der Waals surface area contributed by atoms with E-state index in [1.807, 2.05) is 29.8 Å². The van der Waals surface area contributed by atoms with E-state index >= 15 is 0 Å². The second-order valence-corrected chi connectivity index (χ2v) is 5.72. The fraction of sp³-hybridized carbons (Fsp3) is 0.471. The van der Waals surface area contributed by atoms with Crippen molar-refractivity contribution in [2.45, 2.75) is 45.8 Å². The Balaban J connectivity index is 2.11. The molecule has 0 amide bonds. The Labute approximate surface area is 126 Å². The Morgan fingerprint density at radius 3 is 2.57 bits per heavy atom. The van der Waals surface area contributed by atoms with E-state index < -0.39 is 0 Å². The van der Waals surface area contributed by atoms with Gasteiger partial charge < -0.3 is 10.0 Å². The minimum atomic E-state index is 0.0426. The SMILES string of the molecule is CCCN(c1c(CO)c(C)nn1-c1ccccc1)C1CC1. The quantitative estimate of drug-likeness (QED) is 0.887. The van der Waals surface area contributed by atoms with Crippen LogP contribution in [0.2, 0.25) is 0 Å². The van der Waals surface area contributed by atoms with E-state index in [0.29, 0.717) is 6.04 Å². The first-order valence-electron chi connectivity index (χ1n) is 7.77. The molecule has 1 aromatic carbocycles. The molecular formula is C17H23N3O. The normalized spacial score (nSPS) is 14.4. The zero-order valence-corrected chi connectivity index (χ0v) is 12.8. The van der Waals surface area contributed by atoms with E-state index in [4.69, 9.17) is 0 Å². The van der Waals surface area contributed by atoms with Crippen molar-refractivity contribution in [1.82, 2.24) is 9.78 Å². The zero-order valence-electron chi connectivity index (χ0n) is 12.8. The summed E-state index contributed by atoms with van der Waals surface area (Å²) in [6.45, 7) is 5.23. The van der Waals surface area contributed by atoms with Crippen LogP contribution < -0.4 is 4.90 Å². The third-order valence-electron chi connectivity index (χ3n) is 4.04. The van der Waals surface area contributed by atoms with Gasteiger partial charge in [-0.15, -0.1) is 0 Å². The fourth-order valence-electron chi connectivity index (χ4n) is 2.87. The second kappa shape index (κ2) is 5.90. The van der Waals surface area contributed by atoms with Crippen LogP contribution in [0.15, 0.2) is 30.3 Å². The molecule has 0 unspecified atom stereocenters. The molecule has 0 aliphatic heterocycles. The number of aromatic nitrogens is 2. The van der Waals surface area contributed by atoms with Gasteiger partial charge in [-0.3, -0.25) is 0 Å². The smallest absolute Gasteiger partial charge is 0.138 e. The van der Waals surface area contributed by atoms with E-state index in [1.54, 1.807) is 0 Å². The Hall–Kier alpha value is -1.81. The van der Waals surface area contributed by atoms with Gasteiger partial charge >= 0.3 is 0 Å². The number of rotatable bonds is 6. The number of aliphatic hydroxyl groups excluding tert-OH is 1. The maximum Gasteiger partial charge on any atom is 0.138 e. The van der Waals surface area contributed by atoms with Crippen molar-refractivity contribution in [1.29, 1.82) is 0 Å². The summed E-state index contributed by atoms with van der Waals surface area (Å²) < 4.78 is 1.99. The molecule has 1 aliphatic rings. The molecule has 1 aromatic heterocycles. The molecule has 4 nitrogen and oxygen atoms in total. The first-order chi connectivity index (χ1) is 10.3. The lowest BCUT2D eigenvalue weighted by molar-refractivity contribution is 0.281. The predicted molar refractivity (Wildman–Crippen MR) is 84.9 cm³/mol. The summed E-state index contributed by atoms with van der Waals surface area (Å²) in [4.78, 5) is 2.43. The molecule has 21 heavy (non-hydrogen) atoms. The van der Waals surface area contributed by atoms with Crippen molar-refractivity contribution in [3.8, 4) is 5.69 Å². The summed E-state index contributed by atoms with van der Waals surface area (Å²) in [5, 5.41) is 14.5. The average Bonchev–Trinajstić information content (AvgIpc) is 3.29. The van der Waals surface area contributed by atoms with Crippen LogP contribution in [0.1, 0.15) is 37.4 Å². The number of para-hydroxylation sites is 1. The van der Waals surface area contributed by atoms with Gasteiger partial charge in [-0.05, 0) is 38.3 Å². The van der Waals surface area contributed by atoms with Crippen LogP contribution in [0.25, 0.3) is 5.69 Å². The summed E-state index contributed by atoms with van der Waals surface area (Å²) in [6, 6.07) is 10.8. The number of hydrogen-bond acceptors (Lipinski definition) is 3. The molecule has 0 saturated heterocycles. The summed E-state index contributed by atoms with van der Waals surface area (Å²) >= 11 is 0. The highest BCUT2D eigenvalue weighted by Crippen LogP contribution is 2.36. The molecule has 4 heteroatoms. The Morgan fingerprint density at radius 1 is 1.29 bits per heavy atom. The minimum absolute atomic E-state index is 0.0426. The van der Waals surface area contributed by atoms with Crippen LogP contribution in [0, 0.1) is 6.92 Å². The van der Waals surface area contributed by atoms with Gasteiger partial charge in [0.1, 0.15) is 5.82 Å². The minimum Gasteiger partial charge on any atom is -0.391 e. The average molecular weight is 285 g/mol. The van der Waals surface area contributed by atoms with Crippen LogP contribution >= 0.6 is 0 Å². The molecule has 1 heterocycles. The number of nitrogens with zero attached hydrogens (tertiary/aromatic N) is 3.